The number of piperazine rings is 1. The van der Waals surface area contributed by atoms with Crippen molar-refractivity contribution >= 4 is 22.0 Å². The van der Waals surface area contributed by atoms with Gasteiger partial charge in [-0.2, -0.15) is 4.31 Å². The first-order valence-electron chi connectivity index (χ1n) is 7.66. The lowest BCUT2D eigenvalue weighted by Crippen LogP contribution is -2.49. The normalized spacial score (nSPS) is 15.9. The molecule has 1 heterocycles. The molecule has 25 heavy (non-hydrogen) atoms. The molecule has 0 unspecified atom stereocenters. The summed E-state index contributed by atoms with van der Waals surface area (Å²) in [5.41, 5.74) is 6.60. The SMILES string of the molecule is NCCS(=O)(=O)N1CCN(Cc2ccccc2)CC1.O=C(O)C(=O)O. The maximum Gasteiger partial charge on any atom is 0.414 e. The van der Waals surface area contributed by atoms with Crippen molar-refractivity contribution in [2.45, 2.75) is 6.54 Å². The highest BCUT2D eigenvalue weighted by Crippen LogP contribution is 2.11. The molecule has 1 aromatic carbocycles. The van der Waals surface area contributed by atoms with Crippen LogP contribution in [-0.2, 0) is 26.2 Å². The van der Waals surface area contributed by atoms with Crippen LogP contribution in [0, 0.1) is 0 Å². The van der Waals surface area contributed by atoms with E-state index in [9.17, 15) is 8.42 Å². The number of nitrogens with zero attached hydrogens (tertiary/aromatic N) is 2. The van der Waals surface area contributed by atoms with E-state index in [4.69, 9.17) is 25.5 Å². The predicted octanol–water partition coefficient (Wildman–Crippen LogP) is -0.752. The van der Waals surface area contributed by atoms with Gasteiger partial charge < -0.3 is 15.9 Å². The number of nitrogens with two attached hydrogens (primary N) is 1. The van der Waals surface area contributed by atoms with Gasteiger partial charge in [0.05, 0.1) is 5.75 Å². The van der Waals surface area contributed by atoms with Gasteiger partial charge in [0.25, 0.3) is 0 Å². The van der Waals surface area contributed by atoms with Crippen molar-refractivity contribution < 1.29 is 28.2 Å². The molecule has 1 aliphatic rings. The van der Waals surface area contributed by atoms with Crippen LogP contribution >= 0.6 is 0 Å². The molecular formula is C15H23N3O6S. The molecule has 0 bridgehead atoms. The summed E-state index contributed by atoms with van der Waals surface area (Å²) in [6, 6.07) is 10.2. The molecule has 1 aromatic rings. The Balaban J connectivity index is 0.000000450. The number of rotatable bonds is 5. The van der Waals surface area contributed by atoms with E-state index in [1.807, 2.05) is 18.2 Å². The molecule has 1 fully saturated rings. The zero-order valence-corrected chi connectivity index (χ0v) is 14.6. The second kappa shape index (κ2) is 10.1. The zero-order valence-electron chi connectivity index (χ0n) is 13.7. The van der Waals surface area contributed by atoms with Gasteiger partial charge in [0.2, 0.25) is 10.0 Å². The monoisotopic (exact) mass is 373 g/mol. The summed E-state index contributed by atoms with van der Waals surface area (Å²) in [6.07, 6.45) is 0. The molecule has 140 valence electrons. The topological polar surface area (TPSA) is 141 Å². The standard InChI is InChI=1S/C13H21N3O2S.C2H2O4/c14-6-11-19(17,18)16-9-7-15(8-10-16)12-13-4-2-1-3-5-13;3-1(4)2(5)6/h1-5H,6-12,14H2;(H,3,4)(H,5,6). The average Bonchev–Trinajstić information content (AvgIpc) is 2.57. The average molecular weight is 373 g/mol. The number of aliphatic carboxylic acids is 2. The summed E-state index contributed by atoms with van der Waals surface area (Å²) in [7, 11) is -3.15. The highest BCUT2D eigenvalue weighted by atomic mass is 32.2. The minimum Gasteiger partial charge on any atom is -0.473 e. The first-order chi connectivity index (χ1) is 11.8. The number of carbonyl (C=O) groups is 2. The largest absolute Gasteiger partial charge is 0.473 e. The van der Waals surface area contributed by atoms with Crippen molar-refractivity contribution in [3.8, 4) is 0 Å². The highest BCUT2D eigenvalue weighted by Gasteiger charge is 2.25. The van der Waals surface area contributed by atoms with E-state index < -0.39 is 22.0 Å². The van der Waals surface area contributed by atoms with E-state index in [1.165, 1.54) is 5.56 Å². The van der Waals surface area contributed by atoms with Gasteiger partial charge in [0.15, 0.2) is 0 Å². The second-order valence-corrected chi connectivity index (χ2v) is 7.46. The second-order valence-electron chi connectivity index (χ2n) is 5.38. The van der Waals surface area contributed by atoms with Crippen LogP contribution in [0.1, 0.15) is 5.56 Å². The quantitative estimate of drug-likeness (QED) is 0.572. The van der Waals surface area contributed by atoms with Crippen LogP contribution in [0.25, 0.3) is 0 Å². The number of benzene rings is 1. The number of carboxylic acids is 2. The number of carboxylic acid groups (broad SMARTS) is 2. The fraction of sp³-hybridized carbons (Fsp3) is 0.467. The van der Waals surface area contributed by atoms with E-state index in [-0.39, 0.29) is 12.3 Å². The van der Waals surface area contributed by atoms with Gasteiger partial charge in [0, 0.05) is 39.3 Å². The van der Waals surface area contributed by atoms with Gasteiger partial charge in [-0.15, -0.1) is 0 Å². The summed E-state index contributed by atoms with van der Waals surface area (Å²) >= 11 is 0. The third-order valence-electron chi connectivity index (χ3n) is 3.53. The van der Waals surface area contributed by atoms with Gasteiger partial charge in [-0.1, -0.05) is 30.3 Å². The van der Waals surface area contributed by atoms with Crippen molar-refractivity contribution in [2.24, 2.45) is 5.73 Å². The lowest BCUT2D eigenvalue weighted by atomic mass is 10.2. The van der Waals surface area contributed by atoms with Crippen molar-refractivity contribution in [3.63, 3.8) is 0 Å². The van der Waals surface area contributed by atoms with E-state index >= 15 is 0 Å². The Morgan fingerprint density at radius 2 is 1.52 bits per heavy atom. The molecule has 10 heteroatoms. The maximum absolute atomic E-state index is 11.9. The van der Waals surface area contributed by atoms with E-state index in [2.05, 4.69) is 17.0 Å². The van der Waals surface area contributed by atoms with E-state index in [0.29, 0.717) is 13.1 Å². The van der Waals surface area contributed by atoms with Crippen molar-refractivity contribution in [1.29, 1.82) is 0 Å². The van der Waals surface area contributed by atoms with E-state index in [1.54, 1.807) is 4.31 Å². The molecule has 0 atom stereocenters. The van der Waals surface area contributed by atoms with Crippen LogP contribution in [0.3, 0.4) is 0 Å². The molecule has 0 aliphatic carbocycles. The van der Waals surface area contributed by atoms with Crippen LogP contribution < -0.4 is 5.73 Å². The number of sulfonamides is 1. The van der Waals surface area contributed by atoms with Gasteiger partial charge >= 0.3 is 11.9 Å². The van der Waals surface area contributed by atoms with Gasteiger partial charge in [-0.05, 0) is 5.56 Å². The molecule has 1 aliphatic heterocycles. The summed E-state index contributed by atoms with van der Waals surface area (Å²) in [5, 5.41) is 14.8. The number of hydrogen-bond acceptors (Lipinski definition) is 6. The van der Waals surface area contributed by atoms with Gasteiger partial charge in [-0.25, -0.2) is 18.0 Å². The van der Waals surface area contributed by atoms with Crippen LogP contribution in [-0.4, -0.2) is 78.3 Å². The summed E-state index contributed by atoms with van der Waals surface area (Å²) < 4.78 is 25.3. The first kappa shape index (κ1) is 21.0. The predicted molar refractivity (Wildman–Crippen MR) is 91.4 cm³/mol. The lowest BCUT2D eigenvalue weighted by Gasteiger charge is -2.33. The third-order valence-corrected chi connectivity index (χ3v) is 5.44. The zero-order chi connectivity index (χ0) is 18.9. The minimum atomic E-state index is -3.15. The minimum absolute atomic E-state index is 0.0473. The Bertz CT molecular complexity index is 645. The van der Waals surface area contributed by atoms with Gasteiger partial charge in [-0.3, -0.25) is 4.90 Å². The summed E-state index contributed by atoms with van der Waals surface area (Å²) in [6.45, 7) is 3.75. The van der Waals surface area contributed by atoms with Crippen molar-refractivity contribution in [1.82, 2.24) is 9.21 Å². The molecule has 0 aromatic heterocycles. The van der Waals surface area contributed by atoms with Crippen LogP contribution in [0.5, 0.6) is 0 Å². The fourth-order valence-corrected chi connectivity index (χ4v) is 3.56. The highest BCUT2D eigenvalue weighted by molar-refractivity contribution is 7.89. The number of hydrogen-bond donors (Lipinski definition) is 3. The molecule has 1 saturated heterocycles. The van der Waals surface area contributed by atoms with Crippen LogP contribution in [0.4, 0.5) is 0 Å². The molecule has 2 rings (SSSR count). The molecule has 0 spiro atoms. The first-order valence-corrected chi connectivity index (χ1v) is 9.27. The van der Waals surface area contributed by atoms with Crippen LogP contribution in [0.2, 0.25) is 0 Å². The maximum atomic E-state index is 11.9. The Morgan fingerprint density at radius 3 is 1.96 bits per heavy atom. The molecule has 9 nitrogen and oxygen atoms in total. The van der Waals surface area contributed by atoms with Crippen molar-refractivity contribution in [3.05, 3.63) is 35.9 Å². The smallest absolute Gasteiger partial charge is 0.414 e. The molecular weight excluding hydrogens is 350 g/mol. The summed E-state index contributed by atoms with van der Waals surface area (Å²) in [4.78, 5) is 20.5. The Hall–Kier alpha value is -2.01. The molecule has 4 N–H and O–H groups in total. The molecule has 0 amide bonds. The fourth-order valence-electron chi connectivity index (χ4n) is 2.29. The van der Waals surface area contributed by atoms with E-state index in [0.717, 1.165) is 19.6 Å². The third kappa shape index (κ3) is 7.61. The Morgan fingerprint density at radius 1 is 1.00 bits per heavy atom. The van der Waals surface area contributed by atoms with Gasteiger partial charge in [0.1, 0.15) is 0 Å². The lowest BCUT2D eigenvalue weighted by molar-refractivity contribution is -0.159. The van der Waals surface area contributed by atoms with Crippen molar-refractivity contribution in [2.75, 3.05) is 38.5 Å². The Kier molecular flexibility index (Phi) is 8.49. The summed E-state index contributed by atoms with van der Waals surface area (Å²) in [5.74, 6) is -3.60. The van der Waals surface area contributed by atoms with Crippen LogP contribution in [0.15, 0.2) is 30.3 Å². The molecule has 0 radical (unpaired) electrons. The Labute approximate surface area is 146 Å². The molecule has 0 saturated carbocycles.